The Morgan fingerprint density at radius 1 is 1.15 bits per heavy atom. The molecule has 10 heteroatoms. The zero-order valence-corrected chi connectivity index (χ0v) is 16.5. The number of hydrogen-bond donors (Lipinski definition) is 1. The van der Waals surface area contributed by atoms with Crippen molar-refractivity contribution >= 4 is 49.3 Å². The van der Waals surface area contributed by atoms with E-state index in [0.29, 0.717) is 16.6 Å². The number of aromatic nitrogens is 3. The number of sulfonamides is 1. The van der Waals surface area contributed by atoms with Crippen LogP contribution in [0.25, 0.3) is 16.3 Å². The van der Waals surface area contributed by atoms with E-state index in [1.165, 1.54) is 17.4 Å². The van der Waals surface area contributed by atoms with E-state index in [9.17, 15) is 8.42 Å². The SMILES string of the molecule is O=S(=O)(NCCc1csc2nc(-c3ccccc3)nn12)c1ccc(Cl)s1. The summed E-state index contributed by atoms with van der Waals surface area (Å²) in [4.78, 5) is 5.31. The van der Waals surface area contributed by atoms with Crippen LogP contribution in [0.2, 0.25) is 4.34 Å². The standard InChI is InChI=1S/C16H13ClN4O2S3/c17-13-6-7-14(25-13)26(22,23)18-9-8-12-10-24-16-19-15(20-21(12)16)11-4-2-1-3-5-11/h1-7,10,18H,8-9H2. The molecule has 6 nitrogen and oxygen atoms in total. The first-order valence-electron chi connectivity index (χ1n) is 7.66. The van der Waals surface area contributed by atoms with Gasteiger partial charge in [0.15, 0.2) is 5.82 Å². The van der Waals surface area contributed by atoms with E-state index in [1.54, 1.807) is 10.6 Å². The van der Waals surface area contributed by atoms with Crippen LogP contribution in [0, 0.1) is 0 Å². The van der Waals surface area contributed by atoms with Crippen LogP contribution in [0.1, 0.15) is 5.69 Å². The van der Waals surface area contributed by atoms with Gasteiger partial charge in [0.25, 0.3) is 0 Å². The van der Waals surface area contributed by atoms with Gasteiger partial charge in [0.05, 0.1) is 10.0 Å². The fourth-order valence-corrected chi connectivity index (χ4v) is 5.85. The van der Waals surface area contributed by atoms with Crippen LogP contribution in [-0.4, -0.2) is 29.6 Å². The monoisotopic (exact) mass is 424 g/mol. The molecule has 26 heavy (non-hydrogen) atoms. The van der Waals surface area contributed by atoms with E-state index in [-0.39, 0.29) is 10.8 Å². The molecule has 0 aliphatic carbocycles. The molecule has 0 saturated carbocycles. The maximum atomic E-state index is 12.2. The lowest BCUT2D eigenvalue weighted by atomic mass is 10.2. The smallest absolute Gasteiger partial charge is 0.210 e. The molecule has 0 saturated heterocycles. The molecule has 0 atom stereocenters. The Kier molecular flexibility index (Phi) is 4.80. The van der Waals surface area contributed by atoms with Crippen LogP contribution in [0.5, 0.6) is 0 Å². The molecule has 0 unspecified atom stereocenters. The first-order valence-corrected chi connectivity index (χ1v) is 11.2. The third-order valence-electron chi connectivity index (χ3n) is 3.67. The molecule has 4 aromatic rings. The van der Waals surface area contributed by atoms with Crippen molar-refractivity contribution in [3.63, 3.8) is 0 Å². The van der Waals surface area contributed by atoms with Crippen LogP contribution in [-0.2, 0) is 16.4 Å². The van der Waals surface area contributed by atoms with Crippen molar-refractivity contribution in [2.75, 3.05) is 6.54 Å². The topological polar surface area (TPSA) is 76.4 Å². The highest BCUT2D eigenvalue weighted by atomic mass is 35.5. The molecule has 0 bridgehead atoms. The Bertz CT molecular complexity index is 1150. The highest BCUT2D eigenvalue weighted by Gasteiger charge is 2.17. The van der Waals surface area contributed by atoms with Gasteiger partial charge < -0.3 is 0 Å². The van der Waals surface area contributed by atoms with Crippen LogP contribution >= 0.6 is 34.3 Å². The third kappa shape index (κ3) is 3.53. The van der Waals surface area contributed by atoms with E-state index >= 15 is 0 Å². The van der Waals surface area contributed by atoms with Crippen molar-refractivity contribution in [2.24, 2.45) is 0 Å². The van der Waals surface area contributed by atoms with Gasteiger partial charge in [0.1, 0.15) is 4.21 Å². The summed E-state index contributed by atoms with van der Waals surface area (Å²) in [7, 11) is -3.54. The summed E-state index contributed by atoms with van der Waals surface area (Å²) in [6.45, 7) is 0.268. The molecule has 4 rings (SSSR count). The van der Waals surface area contributed by atoms with E-state index in [0.717, 1.165) is 27.6 Å². The van der Waals surface area contributed by atoms with Crippen LogP contribution in [0.15, 0.2) is 52.1 Å². The number of nitrogens with zero attached hydrogens (tertiary/aromatic N) is 3. The molecule has 3 aromatic heterocycles. The minimum atomic E-state index is -3.54. The van der Waals surface area contributed by atoms with Crippen molar-refractivity contribution in [3.8, 4) is 11.4 Å². The Morgan fingerprint density at radius 2 is 1.96 bits per heavy atom. The van der Waals surface area contributed by atoms with Gasteiger partial charge in [-0.05, 0) is 12.1 Å². The summed E-state index contributed by atoms with van der Waals surface area (Å²) < 4.78 is 29.5. The Morgan fingerprint density at radius 3 is 2.69 bits per heavy atom. The lowest BCUT2D eigenvalue weighted by Crippen LogP contribution is -2.25. The van der Waals surface area contributed by atoms with E-state index in [1.807, 2.05) is 35.7 Å². The van der Waals surface area contributed by atoms with Crippen molar-refractivity contribution in [3.05, 3.63) is 57.9 Å². The summed E-state index contributed by atoms with van der Waals surface area (Å²) in [6, 6.07) is 12.8. The maximum absolute atomic E-state index is 12.2. The summed E-state index contributed by atoms with van der Waals surface area (Å²) in [5, 5.41) is 6.49. The van der Waals surface area contributed by atoms with Gasteiger partial charge in [-0.3, -0.25) is 0 Å². The predicted octanol–water partition coefficient (Wildman–Crippen LogP) is 3.69. The summed E-state index contributed by atoms with van der Waals surface area (Å²) in [6.07, 6.45) is 0.510. The maximum Gasteiger partial charge on any atom is 0.250 e. The normalized spacial score (nSPS) is 12.0. The summed E-state index contributed by atoms with van der Waals surface area (Å²) >= 11 is 8.33. The molecule has 0 spiro atoms. The zero-order chi connectivity index (χ0) is 18.1. The average molecular weight is 425 g/mol. The number of benzene rings is 1. The number of thiazole rings is 1. The lowest BCUT2D eigenvalue weighted by molar-refractivity contribution is 0.583. The summed E-state index contributed by atoms with van der Waals surface area (Å²) in [5.74, 6) is 0.660. The molecule has 134 valence electrons. The van der Waals surface area contributed by atoms with E-state index < -0.39 is 10.0 Å². The minimum Gasteiger partial charge on any atom is -0.210 e. The third-order valence-corrected chi connectivity index (χ3v) is 7.72. The molecular formula is C16H13ClN4O2S3. The van der Waals surface area contributed by atoms with Gasteiger partial charge in [0.2, 0.25) is 15.0 Å². The molecule has 0 fully saturated rings. The fraction of sp³-hybridized carbons (Fsp3) is 0.125. The van der Waals surface area contributed by atoms with E-state index in [2.05, 4.69) is 14.8 Å². The number of halogens is 1. The van der Waals surface area contributed by atoms with Crippen molar-refractivity contribution in [1.82, 2.24) is 19.3 Å². The number of fused-ring (bicyclic) bond motifs is 1. The van der Waals surface area contributed by atoms with Crippen LogP contribution < -0.4 is 4.72 Å². The fourth-order valence-electron chi connectivity index (χ4n) is 2.43. The van der Waals surface area contributed by atoms with Crippen molar-refractivity contribution < 1.29 is 8.42 Å². The molecule has 1 N–H and O–H groups in total. The van der Waals surface area contributed by atoms with Crippen LogP contribution in [0.4, 0.5) is 0 Å². The van der Waals surface area contributed by atoms with Gasteiger partial charge in [0, 0.05) is 23.9 Å². The van der Waals surface area contributed by atoms with Gasteiger partial charge in [-0.25, -0.2) is 17.7 Å². The molecule has 0 aliphatic rings. The van der Waals surface area contributed by atoms with Gasteiger partial charge in [-0.15, -0.1) is 27.8 Å². The number of hydrogen-bond acceptors (Lipinski definition) is 6. The first-order chi connectivity index (χ1) is 12.5. The van der Waals surface area contributed by atoms with Gasteiger partial charge >= 0.3 is 0 Å². The second-order valence-corrected chi connectivity index (χ2v) is 9.97. The van der Waals surface area contributed by atoms with Crippen molar-refractivity contribution in [2.45, 2.75) is 10.6 Å². The highest BCUT2D eigenvalue weighted by molar-refractivity contribution is 7.91. The average Bonchev–Trinajstić information content (AvgIpc) is 3.32. The molecule has 0 amide bonds. The minimum absolute atomic E-state index is 0.213. The zero-order valence-electron chi connectivity index (χ0n) is 13.3. The molecule has 0 radical (unpaired) electrons. The Hall–Kier alpha value is -1.78. The number of thiophene rings is 1. The Labute approximate surface area is 163 Å². The predicted molar refractivity (Wildman–Crippen MR) is 105 cm³/mol. The molecule has 3 heterocycles. The molecular weight excluding hydrogens is 412 g/mol. The summed E-state index contributed by atoms with van der Waals surface area (Å²) in [5.41, 5.74) is 1.86. The number of rotatable bonds is 6. The number of nitrogens with one attached hydrogen (secondary N) is 1. The van der Waals surface area contributed by atoms with Crippen LogP contribution in [0.3, 0.4) is 0 Å². The second kappa shape index (κ2) is 7.09. The van der Waals surface area contributed by atoms with Gasteiger partial charge in [-0.1, -0.05) is 41.9 Å². The van der Waals surface area contributed by atoms with E-state index in [4.69, 9.17) is 11.6 Å². The second-order valence-electron chi connectivity index (χ2n) is 5.43. The lowest BCUT2D eigenvalue weighted by Gasteiger charge is -2.03. The highest BCUT2D eigenvalue weighted by Crippen LogP contribution is 2.25. The Balaban J connectivity index is 1.49. The molecule has 1 aromatic carbocycles. The van der Waals surface area contributed by atoms with Crippen molar-refractivity contribution in [1.29, 1.82) is 0 Å². The van der Waals surface area contributed by atoms with Gasteiger partial charge in [-0.2, -0.15) is 4.98 Å². The molecule has 0 aliphatic heterocycles. The largest absolute Gasteiger partial charge is 0.250 e. The first kappa shape index (κ1) is 17.6. The quantitative estimate of drug-likeness (QED) is 0.512.